The highest BCUT2D eigenvalue weighted by Crippen LogP contribution is 2.04. The van der Waals surface area contributed by atoms with Crippen molar-refractivity contribution >= 4 is 0 Å². The van der Waals surface area contributed by atoms with Gasteiger partial charge in [-0.25, -0.2) is 4.68 Å². The van der Waals surface area contributed by atoms with Gasteiger partial charge in [0.15, 0.2) is 5.82 Å². The van der Waals surface area contributed by atoms with Gasteiger partial charge in [0.2, 0.25) is 0 Å². The summed E-state index contributed by atoms with van der Waals surface area (Å²) in [5, 5.41) is 11.6. The van der Waals surface area contributed by atoms with E-state index in [-0.39, 0.29) is 0 Å². The smallest absolute Gasteiger partial charge is 0.150 e. The van der Waals surface area contributed by atoms with Gasteiger partial charge < -0.3 is 0 Å². The van der Waals surface area contributed by atoms with Crippen molar-refractivity contribution in [3.63, 3.8) is 0 Å². The van der Waals surface area contributed by atoms with Crippen LogP contribution in [0, 0.1) is 0 Å². The maximum atomic E-state index is 3.97. The number of aromatic nitrogens is 4. The van der Waals surface area contributed by atoms with Gasteiger partial charge in [-0.05, 0) is 28.8 Å². The van der Waals surface area contributed by atoms with Crippen LogP contribution in [0.2, 0.25) is 0 Å². The lowest BCUT2D eigenvalue weighted by molar-refractivity contribution is 0.540. The van der Waals surface area contributed by atoms with E-state index in [1.165, 1.54) is 5.56 Å². The van der Waals surface area contributed by atoms with E-state index >= 15 is 0 Å². The Hall–Kier alpha value is -1.71. The summed E-state index contributed by atoms with van der Waals surface area (Å²) in [5.41, 5.74) is 1.37. The zero-order chi connectivity index (χ0) is 11.2. The molecule has 0 N–H and O–H groups in total. The molecular weight excluding hydrogens is 200 g/mol. The van der Waals surface area contributed by atoms with E-state index in [0.29, 0.717) is 0 Å². The Kier molecular flexibility index (Phi) is 3.64. The summed E-state index contributed by atoms with van der Waals surface area (Å²) in [7, 11) is 0. The number of tetrazole rings is 1. The molecule has 1 heterocycles. The molecule has 0 saturated carbocycles. The highest BCUT2D eigenvalue weighted by atomic mass is 15.5. The molecule has 0 aliphatic carbocycles. The summed E-state index contributed by atoms with van der Waals surface area (Å²) < 4.78 is 1.89. The van der Waals surface area contributed by atoms with Crippen LogP contribution in [0.3, 0.4) is 0 Å². The number of nitrogens with zero attached hydrogens (tertiary/aromatic N) is 4. The molecule has 0 fully saturated rings. The van der Waals surface area contributed by atoms with Crippen molar-refractivity contribution in [1.82, 2.24) is 20.2 Å². The quantitative estimate of drug-likeness (QED) is 0.766. The summed E-state index contributed by atoms with van der Waals surface area (Å²) in [5.74, 6) is 0.966. The van der Waals surface area contributed by atoms with Crippen molar-refractivity contribution in [3.8, 4) is 0 Å². The third-order valence-electron chi connectivity index (χ3n) is 2.60. The molecule has 1 aromatic heterocycles. The van der Waals surface area contributed by atoms with Crippen LogP contribution in [0.4, 0.5) is 0 Å². The molecule has 4 heteroatoms. The van der Waals surface area contributed by atoms with E-state index in [1.54, 1.807) is 0 Å². The van der Waals surface area contributed by atoms with Crippen LogP contribution in [0.25, 0.3) is 0 Å². The van der Waals surface area contributed by atoms with Gasteiger partial charge in [0, 0.05) is 13.0 Å². The Morgan fingerprint density at radius 1 is 1.19 bits per heavy atom. The molecule has 4 nitrogen and oxygen atoms in total. The van der Waals surface area contributed by atoms with Crippen molar-refractivity contribution in [2.75, 3.05) is 0 Å². The summed E-state index contributed by atoms with van der Waals surface area (Å²) in [6.45, 7) is 2.96. The number of rotatable bonds is 5. The van der Waals surface area contributed by atoms with Crippen molar-refractivity contribution in [2.24, 2.45) is 0 Å². The highest BCUT2D eigenvalue weighted by molar-refractivity contribution is 5.14. The molecule has 0 unspecified atom stereocenters. The lowest BCUT2D eigenvalue weighted by Crippen LogP contribution is -2.06. The van der Waals surface area contributed by atoms with Crippen molar-refractivity contribution < 1.29 is 0 Å². The highest BCUT2D eigenvalue weighted by Gasteiger charge is 2.02. The molecule has 0 radical (unpaired) electrons. The Labute approximate surface area is 95.3 Å². The van der Waals surface area contributed by atoms with E-state index in [4.69, 9.17) is 0 Å². The second kappa shape index (κ2) is 5.39. The summed E-state index contributed by atoms with van der Waals surface area (Å²) in [6.07, 6.45) is 3.03. The second-order valence-corrected chi connectivity index (χ2v) is 3.76. The molecule has 16 heavy (non-hydrogen) atoms. The minimum absolute atomic E-state index is 0.887. The first-order valence-corrected chi connectivity index (χ1v) is 5.69. The first-order chi connectivity index (χ1) is 7.90. The Bertz CT molecular complexity index is 422. The predicted octanol–water partition coefficient (Wildman–Crippen LogP) is 1.87. The van der Waals surface area contributed by atoms with E-state index in [9.17, 15) is 0 Å². The molecule has 2 aromatic rings. The fraction of sp³-hybridized carbons (Fsp3) is 0.417. The minimum Gasteiger partial charge on any atom is -0.230 e. The summed E-state index contributed by atoms with van der Waals surface area (Å²) in [6, 6.07) is 10.5. The third kappa shape index (κ3) is 2.66. The molecular formula is C12H16N4. The SMILES string of the molecule is CCc1nnnn1CCCc1ccccc1. The molecule has 2 rings (SSSR count). The zero-order valence-electron chi connectivity index (χ0n) is 9.50. The summed E-state index contributed by atoms with van der Waals surface area (Å²) >= 11 is 0. The largest absolute Gasteiger partial charge is 0.230 e. The molecule has 0 saturated heterocycles. The minimum atomic E-state index is 0.887. The molecule has 0 aliphatic rings. The lowest BCUT2D eigenvalue weighted by atomic mass is 10.1. The first-order valence-electron chi connectivity index (χ1n) is 5.69. The number of aryl methyl sites for hydroxylation is 3. The molecule has 0 amide bonds. The second-order valence-electron chi connectivity index (χ2n) is 3.76. The number of benzene rings is 1. The molecule has 0 atom stereocenters. The fourth-order valence-electron chi connectivity index (χ4n) is 1.73. The molecule has 0 aliphatic heterocycles. The van der Waals surface area contributed by atoms with Gasteiger partial charge >= 0.3 is 0 Å². The van der Waals surface area contributed by atoms with Gasteiger partial charge in [0.05, 0.1) is 0 Å². The molecule has 1 aromatic carbocycles. The summed E-state index contributed by atoms with van der Waals surface area (Å²) in [4.78, 5) is 0. The average molecular weight is 216 g/mol. The topological polar surface area (TPSA) is 43.6 Å². The zero-order valence-corrected chi connectivity index (χ0v) is 9.50. The predicted molar refractivity (Wildman–Crippen MR) is 62.0 cm³/mol. The number of hydrogen-bond acceptors (Lipinski definition) is 3. The van der Waals surface area contributed by atoms with Gasteiger partial charge in [-0.15, -0.1) is 5.10 Å². The van der Waals surface area contributed by atoms with Gasteiger partial charge in [-0.2, -0.15) is 0 Å². The van der Waals surface area contributed by atoms with Crippen LogP contribution in [0.5, 0.6) is 0 Å². The van der Waals surface area contributed by atoms with Gasteiger partial charge in [-0.1, -0.05) is 37.3 Å². The maximum absolute atomic E-state index is 3.97. The average Bonchev–Trinajstić information content (AvgIpc) is 2.78. The van der Waals surface area contributed by atoms with Crippen LogP contribution in [0.15, 0.2) is 30.3 Å². The van der Waals surface area contributed by atoms with Gasteiger partial charge in [0.25, 0.3) is 0 Å². The normalized spacial score (nSPS) is 10.6. The van der Waals surface area contributed by atoms with Crippen molar-refractivity contribution in [1.29, 1.82) is 0 Å². The fourth-order valence-corrected chi connectivity index (χ4v) is 1.73. The van der Waals surface area contributed by atoms with Crippen LogP contribution in [-0.4, -0.2) is 20.2 Å². The Morgan fingerprint density at radius 3 is 2.75 bits per heavy atom. The Morgan fingerprint density at radius 2 is 2.00 bits per heavy atom. The van der Waals surface area contributed by atoms with Gasteiger partial charge in [0.1, 0.15) is 0 Å². The maximum Gasteiger partial charge on any atom is 0.150 e. The molecule has 0 bridgehead atoms. The third-order valence-corrected chi connectivity index (χ3v) is 2.60. The standard InChI is InChI=1S/C12H16N4/c1-2-12-13-14-15-16(12)10-6-9-11-7-4-3-5-8-11/h3-5,7-8H,2,6,9-10H2,1H3. The number of hydrogen-bond donors (Lipinski definition) is 0. The van der Waals surface area contributed by atoms with E-state index in [0.717, 1.165) is 31.6 Å². The lowest BCUT2D eigenvalue weighted by Gasteiger charge is -2.03. The van der Waals surface area contributed by atoms with Crippen molar-refractivity contribution in [3.05, 3.63) is 41.7 Å². The van der Waals surface area contributed by atoms with Crippen LogP contribution < -0.4 is 0 Å². The Balaban J connectivity index is 1.85. The molecule has 84 valence electrons. The van der Waals surface area contributed by atoms with E-state index < -0.39 is 0 Å². The van der Waals surface area contributed by atoms with Crippen LogP contribution in [0.1, 0.15) is 24.7 Å². The monoisotopic (exact) mass is 216 g/mol. The van der Waals surface area contributed by atoms with E-state index in [2.05, 4.69) is 46.7 Å². The van der Waals surface area contributed by atoms with Crippen molar-refractivity contribution in [2.45, 2.75) is 32.7 Å². The van der Waals surface area contributed by atoms with Crippen LogP contribution in [-0.2, 0) is 19.4 Å². The molecule has 0 spiro atoms. The van der Waals surface area contributed by atoms with E-state index in [1.807, 2.05) is 10.7 Å². The van der Waals surface area contributed by atoms with Crippen LogP contribution >= 0.6 is 0 Å². The first kappa shape index (κ1) is 10.8. The van der Waals surface area contributed by atoms with Gasteiger partial charge in [-0.3, -0.25) is 0 Å².